The lowest BCUT2D eigenvalue weighted by Crippen LogP contribution is -2.18. The van der Waals surface area contributed by atoms with Gasteiger partial charge in [-0.1, -0.05) is 24.3 Å². The summed E-state index contributed by atoms with van der Waals surface area (Å²) in [5.41, 5.74) is 5.13. The molecule has 0 bridgehead atoms. The monoisotopic (exact) mass is 285 g/mol. The van der Waals surface area contributed by atoms with Crippen LogP contribution in [0.5, 0.6) is 5.75 Å². The van der Waals surface area contributed by atoms with E-state index in [1.165, 1.54) is 42.7 Å². The molecule has 0 saturated heterocycles. The van der Waals surface area contributed by atoms with Gasteiger partial charge in [0.05, 0.1) is 13.2 Å². The third-order valence-corrected chi connectivity index (χ3v) is 4.25. The van der Waals surface area contributed by atoms with E-state index in [9.17, 15) is 4.39 Å². The first-order valence-electron chi connectivity index (χ1n) is 7.35. The van der Waals surface area contributed by atoms with Crippen LogP contribution in [0, 0.1) is 5.82 Å². The summed E-state index contributed by atoms with van der Waals surface area (Å²) < 4.78 is 18.7. The number of aryl methyl sites for hydroxylation is 2. The van der Waals surface area contributed by atoms with E-state index in [-0.39, 0.29) is 17.6 Å². The van der Waals surface area contributed by atoms with Crippen LogP contribution >= 0.6 is 0 Å². The van der Waals surface area contributed by atoms with Crippen molar-refractivity contribution in [2.75, 3.05) is 14.2 Å². The summed E-state index contributed by atoms with van der Waals surface area (Å²) in [4.78, 5) is 0. The van der Waals surface area contributed by atoms with Gasteiger partial charge >= 0.3 is 0 Å². The van der Waals surface area contributed by atoms with Gasteiger partial charge < -0.3 is 10.1 Å². The van der Waals surface area contributed by atoms with Crippen LogP contribution in [-0.2, 0) is 12.8 Å². The lowest BCUT2D eigenvalue weighted by atomic mass is 9.95. The van der Waals surface area contributed by atoms with Crippen molar-refractivity contribution in [3.05, 3.63) is 64.5 Å². The normalized spacial score (nSPS) is 14.8. The van der Waals surface area contributed by atoms with E-state index in [0.29, 0.717) is 0 Å². The fourth-order valence-corrected chi connectivity index (χ4v) is 3.15. The van der Waals surface area contributed by atoms with Gasteiger partial charge in [0.2, 0.25) is 0 Å². The predicted molar refractivity (Wildman–Crippen MR) is 82.3 cm³/mol. The molecule has 0 heterocycles. The lowest BCUT2D eigenvalue weighted by molar-refractivity contribution is 0.385. The van der Waals surface area contributed by atoms with Crippen molar-refractivity contribution in [1.82, 2.24) is 5.32 Å². The van der Waals surface area contributed by atoms with Crippen molar-refractivity contribution in [2.24, 2.45) is 0 Å². The smallest absolute Gasteiger partial charge is 0.165 e. The van der Waals surface area contributed by atoms with E-state index in [2.05, 4.69) is 23.5 Å². The van der Waals surface area contributed by atoms with Crippen LogP contribution < -0.4 is 10.1 Å². The number of nitrogens with one attached hydrogen (secondary N) is 1. The zero-order valence-corrected chi connectivity index (χ0v) is 12.4. The van der Waals surface area contributed by atoms with Crippen LogP contribution in [-0.4, -0.2) is 14.2 Å². The molecule has 2 aromatic carbocycles. The predicted octanol–water partition coefficient (Wildman–Crippen LogP) is 3.63. The number of fused-ring (bicyclic) bond motifs is 1. The summed E-state index contributed by atoms with van der Waals surface area (Å²) in [6.07, 6.45) is 3.59. The molecule has 0 saturated carbocycles. The maximum atomic E-state index is 13.6. The number of benzene rings is 2. The Morgan fingerprint density at radius 2 is 1.76 bits per heavy atom. The number of halogens is 1. The molecule has 1 aliphatic rings. The fraction of sp³-hybridized carbons (Fsp3) is 0.333. The average Bonchev–Trinajstić information content (AvgIpc) is 2.97. The molecule has 2 nitrogen and oxygen atoms in total. The van der Waals surface area contributed by atoms with Gasteiger partial charge in [-0.2, -0.15) is 0 Å². The first-order valence-corrected chi connectivity index (χ1v) is 7.35. The molecular weight excluding hydrogens is 265 g/mol. The summed E-state index contributed by atoms with van der Waals surface area (Å²) in [5.74, 6) is -0.0426. The van der Waals surface area contributed by atoms with Gasteiger partial charge in [0.1, 0.15) is 0 Å². The summed E-state index contributed by atoms with van der Waals surface area (Å²) >= 11 is 0. The highest BCUT2D eigenvalue weighted by molar-refractivity contribution is 5.42. The van der Waals surface area contributed by atoms with Gasteiger partial charge in [-0.3, -0.25) is 0 Å². The molecule has 21 heavy (non-hydrogen) atoms. The Hall–Kier alpha value is -1.87. The Balaban J connectivity index is 1.98. The quantitative estimate of drug-likeness (QED) is 0.926. The van der Waals surface area contributed by atoms with Gasteiger partial charge in [0, 0.05) is 0 Å². The molecule has 0 aliphatic heterocycles. The van der Waals surface area contributed by atoms with Crippen LogP contribution in [0.4, 0.5) is 4.39 Å². The minimum atomic E-state index is -0.329. The van der Waals surface area contributed by atoms with Gasteiger partial charge in [-0.05, 0) is 60.7 Å². The Morgan fingerprint density at radius 3 is 2.52 bits per heavy atom. The average molecular weight is 285 g/mol. The van der Waals surface area contributed by atoms with E-state index in [4.69, 9.17) is 4.74 Å². The Labute approximate surface area is 125 Å². The zero-order valence-electron chi connectivity index (χ0n) is 12.4. The largest absolute Gasteiger partial charge is 0.494 e. The first kappa shape index (κ1) is 14.1. The molecule has 3 rings (SSSR count). The van der Waals surface area contributed by atoms with Gasteiger partial charge in [-0.15, -0.1) is 0 Å². The molecule has 3 heteroatoms. The van der Waals surface area contributed by atoms with Gasteiger partial charge in [-0.25, -0.2) is 4.39 Å². The Bertz CT molecular complexity index is 643. The molecule has 0 amide bonds. The highest BCUT2D eigenvalue weighted by Crippen LogP contribution is 2.30. The zero-order chi connectivity index (χ0) is 14.8. The van der Waals surface area contributed by atoms with Crippen molar-refractivity contribution in [2.45, 2.75) is 25.3 Å². The second-order valence-electron chi connectivity index (χ2n) is 5.50. The first-order chi connectivity index (χ1) is 10.2. The van der Waals surface area contributed by atoms with Crippen molar-refractivity contribution in [3.8, 4) is 5.75 Å². The maximum Gasteiger partial charge on any atom is 0.165 e. The van der Waals surface area contributed by atoms with Crippen LogP contribution in [0.2, 0.25) is 0 Å². The minimum Gasteiger partial charge on any atom is -0.494 e. The highest BCUT2D eigenvalue weighted by Gasteiger charge is 2.17. The summed E-state index contributed by atoms with van der Waals surface area (Å²) in [6, 6.07) is 11.8. The summed E-state index contributed by atoms with van der Waals surface area (Å²) in [6.45, 7) is 0. The van der Waals surface area contributed by atoms with Crippen LogP contribution in [0.15, 0.2) is 36.4 Å². The van der Waals surface area contributed by atoms with Crippen molar-refractivity contribution < 1.29 is 9.13 Å². The standard InChI is InChI=1S/C18H20FNO/c1-20-18(15-8-9-16(19)17(11-15)21-2)14-7-6-12-4-3-5-13(12)10-14/h6-11,18,20H,3-5H2,1-2H3. The number of rotatable bonds is 4. The third-order valence-electron chi connectivity index (χ3n) is 4.25. The van der Waals surface area contributed by atoms with Gasteiger partial charge in [0.15, 0.2) is 11.6 Å². The topological polar surface area (TPSA) is 21.3 Å². The molecule has 110 valence electrons. The maximum absolute atomic E-state index is 13.6. The van der Waals surface area contributed by atoms with E-state index in [0.717, 1.165) is 12.0 Å². The van der Waals surface area contributed by atoms with Crippen molar-refractivity contribution >= 4 is 0 Å². The Kier molecular flexibility index (Phi) is 3.93. The molecule has 0 aromatic heterocycles. The van der Waals surface area contributed by atoms with E-state index in [1.807, 2.05) is 13.1 Å². The molecular formula is C18H20FNO. The van der Waals surface area contributed by atoms with Crippen LogP contribution in [0.3, 0.4) is 0 Å². The molecule has 0 spiro atoms. The number of ether oxygens (including phenoxy) is 1. The van der Waals surface area contributed by atoms with Crippen molar-refractivity contribution in [1.29, 1.82) is 0 Å². The molecule has 1 unspecified atom stereocenters. The second kappa shape index (κ2) is 5.86. The molecule has 1 aliphatic carbocycles. The van der Waals surface area contributed by atoms with E-state index < -0.39 is 0 Å². The number of methoxy groups -OCH3 is 1. The number of hydrogen-bond acceptors (Lipinski definition) is 2. The number of hydrogen-bond donors (Lipinski definition) is 1. The minimum absolute atomic E-state index is 0.0467. The molecule has 1 atom stereocenters. The third kappa shape index (κ3) is 2.66. The molecule has 0 fully saturated rings. The molecule has 0 radical (unpaired) electrons. The van der Waals surface area contributed by atoms with Crippen LogP contribution in [0.25, 0.3) is 0 Å². The lowest BCUT2D eigenvalue weighted by Gasteiger charge is -2.19. The SMILES string of the molecule is CNC(c1ccc2c(c1)CCC2)c1ccc(F)c(OC)c1. The Morgan fingerprint density at radius 1 is 1.05 bits per heavy atom. The van der Waals surface area contributed by atoms with Crippen LogP contribution in [0.1, 0.15) is 34.7 Å². The summed E-state index contributed by atoms with van der Waals surface area (Å²) in [7, 11) is 3.42. The molecule has 2 aromatic rings. The second-order valence-corrected chi connectivity index (χ2v) is 5.50. The fourth-order valence-electron chi connectivity index (χ4n) is 3.15. The van der Waals surface area contributed by atoms with Crippen molar-refractivity contribution in [3.63, 3.8) is 0 Å². The van der Waals surface area contributed by atoms with Gasteiger partial charge in [0.25, 0.3) is 0 Å². The molecule has 1 N–H and O–H groups in total. The van der Waals surface area contributed by atoms with E-state index in [1.54, 1.807) is 6.07 Å². The highest BCUT2D eigenvalue weighted by atomic mass is 19.1. The van der Waals surface area contributed by atoms with E-state index >= 15 is 0 Å². The summed E-state index contributed by atoms with van der Waals surface area (Å²) in [5, 5.41) is 3.32.